The molecule has 254 valence electrons. The summed E-state index contributed by atoms with van der Waals surface area (Å²) in [6.07, 6.45) is -0.151. The zero-order valence-electron chi connectivity index (χ0n) is 25.8. The minimum atomic E-state index is -4.90. The van der Waals surface area contributed by atoms with E-state index in [2.05, 4.69) is 5.32 Å². The Hall–Kier alpha value is -2.99. The Morgan fingerprint density at radius 2 is 1.55 bits per heavy atom. The van der Waals surface area contributed by atoms with E-state index in [1.54, 1.807) is 19.9 Å². The Labute approximate surface area is 288 Å². The zero-order valence-corrected chi connectivity index (χ0v) is 28.9. The fraction of sp³-hybridized carbons (Fsp3) is 0.394. The third-order valence-electron chi connectivity index (χ3n) is 8.11. The summed E-state index contributed by atoms with van der Waals surface area (Å²) in [7, 11) is -4.60. The van der Waals surface area contributed by atoms with E-state index in [4.69, 9.17) is 34.8 Å². The second-order valence-corrected chi connectivity index (χ2v) is 14.6. The van der Waals surface area contributed by atoms with Crippen LogP contribution in [0.15, 0.2) is 65.6 Å². The van der Waals surface area contributed by atoms with E-state index >= 15 is 0 Å². The predicted octanol–water partition coefficient (Wildman–Crippen LogP) is 8.43. The van der Waals surface area contributed by atoms with Crippen molar-refractivity contribution in [3.05, 3.63) is 92.4 Å². The smallest absolute Gasteiger partial charge is 0.352 e. The maximum absolute atomic E-state index is 14.3. The minimum absolute atomic E-state index is 0.0690. The molecular weight excluding hydrogens is 698 g/mol. The zero-order chi connectivity index (χ0) is 34.5. The fourth-order valence-electron chi connectivity index (χ4n) is 5.55. The molecule has 3 aromatic rings. The average molecular weight is 733 g/mol. The highest BCUT2D eigenvalue weighted by Gasteiger charge is 2.37. The van der Waals surface area contributed by atoms with Crippen molar-refractivity contribution in [2.75, 3.05) is 10.8 Å². The number of alkyl halides is 3. The van der Waals surface area contributed by atoms with Crippen LogP contribution < -0.4 is 9.62 Å². The number of hydrogen-bond acceptors (Lipinski definition) is 4. The first kappa shape index (κ1) is 36.8. The molecule has 0 radical (unpaired) electrons. The molecule has 1 aliphatic carbocycles. The molecule has 0 unspecified atom stereocenters. The number of carbonyl (C=O) groups excluding carboxylic acids is 2. The fourth-order valence-corrected chi connectivity index (χ4v) is 7.50. The van der Waals surface area contributed by atoms with Gasteiger partial charge in [0.2, 0.25) is 11.8 Å². The van der Waals surface area contributed by atoms with Gasteiger partial charge in [0.15, 0.2) is 0 Å². The second kappa shape index (κ2) is 15.5. The SMILES string of the molecule is CC[C@H](C(=O)NC1CCCCC1)N(Cc1ccc(Cl)c(Cl)c1)C(=O)CN(c1ccc(Cl)c(C(F)(F)F)c1)S(=O)(=O)c1ccc(C)cc1. The van der Waals surface area contributed by atoms with E-state index in [1.807, 2.05) is 0 Å². The van der Waals surface area contributed by atoms with Crippen LogP contribution in [-0.4, -0.2) is 43.8 Å². The summed E-state index contributed by atoms with van der Waals surface area (Å²) in [4.78, 5) is 29.0. The first-order chi connectivity index (χ1) is 22.1. The molecule has 47 heavy (non-hydrogen) atoms. The third kappa shape index (κ3) is 9.13. The van der Waals surface area contributed by atoms with Crippen LogP contribution in [0.2, 0.25) is 15.1 Å². The predicted molar refractivity (Wildman–Crippen MR) is 178 cm³/mol. The van der Waals surface area contributed by atoms with Crippen LogP contribution in [-0.2, 0) is 32.3 Å². The van der Waals surface area contributed by atoms with Crippen molar-refractivity contribution in [3.63, 3.8) is 0 Å². The van der Waals surface area contributed by atoms with Crippen LogP contribution in [0.5, 0.6) is 0 Å². The third-order valence-corrected chi connectivity index (χ3v) is 11.0. The topological polar surface area (TPSA) is 86.8 Å². The van der Waals surface area contributed by atoms with Gasteiger partial charge in [-0.3, -0.25) is 13.9 Å². The summed E-state index contributed by atoms with van der Waals surface area (Å²) in [6.45, 7) is 2.40. The summed E-state index contributed by atoms with van der Waals surface area (Å²) in [5.74, 6) is -1.23. The molecule has 0 aromatic heterocycles. The number of anilines is 1. The molecule has 0 heterocycles. The van der Waals surface area contributed by atoms with Crippen LogP contribution in [0, 0.1) is 6.92 Å². The number of hydrogen-bond donors (Lipinski definition) is 1. The maximum Gasteiger partial charge on any atom is 0.417 e. The lowest BCUT2D eigenvalue weighted by Crippen LogP contribution is -2.54. The molecule has 3 aromatic carbocycles. The van der Waals surface area contributed by atoms with Gasteiger partial charge >= 0.3 is 6.18 Å². The van der Waals surface area contributed by atoms with Gasteiger partial charge in [0.05, 0.1) is 31.2 Å². The minimum Gasteiger partial charge on any atom is -0.352 e. The molecule has 1 atom stereocenters. The number of amides is 2. The van der Waals surface area contributed by atoms with Crippen LogP contribution >= 0.6 is 34.8 Å². The Bertz CT molecular complexity index is 1700. The quantitative estimate of drug-likeness (QED) is 0.215. The van der Waals surface area contributed by atoms with Gasteiger partial charge in [0, 0.05) is 12.6 Å². The highest BCUT2D eigenvalue weighted by molar-refractivity contribution is 7.92. The van der Waals surface area contributed by atoms with Crippen molar-refractivity contribution >= 4 is 62.3 Å². The summed E-state index contributed by atoms with van der Waals surface area (Å²) in [5.41, 5.74) is -0.431. The van der Waals surface area contributed by atoms with Crippen LogP contribution in [0.25, 0.3) is 0 Å². The van der Waals surface area contributed by atoms with Crippen LogP contribution in [0.1, 0.15) is 62.1 Å². The van der Waals surface area contributed by atoms with Gasteiger partial charge in [-0.15, -0.1) is 0 Å². The number of nitrogens with one attached hydrogen (secondary N) is 1. The summed E-state index contributed by atoms with van der Waals surface area (Å²) < 4.78 is 70.4. The standard InChI is InChI=1S/C33H35Cl3F3N3O4S/c1-3-30(32(44)40-23-7-5-4-6-8-23)41(19-22-11-15-28(35)29(36)17-22)31(43)20-42(47(45,46)25-13-9-21(2)10-14-25)24-12-16-27(34)26(18-24)33(37,38)39/h9-18,23,30H,3-8,19-20H2,1-2H3,(H,40,44)/t30-/m1/s1. The number of carbonyl (C=O) groups is 2. The van der Waals surface area contributed by atoms with E-state index in [9.17, 15) is 31.2 Å². The lowest BCUT2D eigenvalue weighted by atomic mass is 9.95. The Kier molecular flexibility index (Phi) is 12.1. The number of benzene rings is 3. The molecule has 4 rings (SSSR count). The molecule has 2 amide bonds. The van der Waals surface area contributed by atoms with Gasteiger partial charge in [-0.1, -0.05) is 84.8 Å². The van der Waals surface area contributed by atoms with Gasteiger partial charge in [-0.25, -0.2) is 8.42 Å². The molecule has 14 heteroatoms. The van der Waals surface area contributed by atoms with E-state index in [-0.39, 0.29) is 33.9 Å². The van der Waals surface area contributed by atoms with Crippen molar-refractivity contribution in [1.82, 2.24) is 10.2 Å². The normalized spacial score (nSPS) is 14.8. The van der Waals surface area contributed by atoms with Gasteiger partial charge in [0.1, 0.15) is 12.6 Å². The van der Waals surface area contributed by atoms with Crippen molar-refractivity contribution in [2.45, 2.75) is 82.1 Å². The molecule has 7 nitrogen and oxygen atoms in total. The molecule has 0 bridgehead atoms. The first-order valence-corrected chi connectivity index (χ1v) is 17.7. The van der Waals surface area contributed by atoms with E-state index in [0.717, 1.165) is 49.8 Å². The average Bonchev–Trinajstić information content (AvgIpc) is 3.02. The van der Waals surface area contributed by atoms with Gasteiger partial charge in [0.25, 0.3) is 10.0 Å². The molecule has 1 saturated carbocycles. The molecule has 1 fully saturated rings. The number of aryl methyl sites for hydroxylation is 1. The summed E-state index contributed by atoms with van der Waals surface area (Å²) in [5, 5.41) is 2.89. The maximum atomic E-state index is 14.3. The lowest BCUT2D eigenvalue weighted by Gasteiger charge is -2.34. The van der Waals surface area contributed by atoms with Gasteiger partial charge < -0.3 is 10.2 Å². The molecule has 0 spiro atoms. The van der Waals surface area contributed by atoms with Crippen LogP contribution in [0.3, 0.4) is 0 Å². The number of sulfonamides is 1. The number of halogens is 6. The Morgan fingerprint density at radius 1 is 0.915 bits per heavy atom. The van der Waals surface area contributed by atoms with Gasteiger partial charge in [-0.05, 0) is 74.2 Å². The summed E-state index contributed by atoms with van der Waals surface area (Å²) in [6, 6.07) is 11.9. The van der Waals surface area contributed by atoms with E-state index in [1.165, 1.54) is 41.3 Å². The Balaban J connectivity index is 1.79. The molecule has 1 N–H and O–H groups in total. The second-order valence-electron chi connectivity index (χ2n) is 11.5. The highest BCUT2D eigenvalue weighted by atomic mass is 35.5. The molecule has 0 saturated heterocycles. The monoisotopic (exact) mass is 731 g/mol. The molecule has 0 aliphatic heterocycles. The first-order valence-electron chi connectivity index (χ1n) is 15.1. The van der Waals surface area contributed by atoms with Crippen molar-refractivity contribution in [3.8, 4) is 0 Å². The molecule has 1 aliphatic rings. The van der Waals surface area contributed by atoms with Crippen molar-refractivity contribution in [1.29, 1.82) is 0 Å². The lowest BCUT2D eigenvalue weighted by molar-refractivity contribution is -0.140. The Morgan fingerprint density at radius 3 is 2.15 bits per heavy atom. The van der Waals surface area contributed by atoms with E-state index < -0.39 is 56.9 Å². The van der Waals surface area contributed by atoms with Crippen molar-refractivity contribution in [2.24, 2.45) is 0 Å². The van der Waals surface area contributed by atoms with Crippen molar-refractivity contribution < 1.29 is 31.2 Å². The molecular formula is C33H35Cl3F3N3O4S. The van der Waals surface area contributed by atoms with E-state index in [0.29, 0.717) is 15.9 Å². The van der Waals surface area contributed by atoms with Gasteiger partial charge in [-0.2, -0.15) is 13.2 Å². The summed E-state index contributed by atoms with van der Waals surface area (Å²) >= 11 is 18.2. The largest absolute Gasteiger partial charge is 0.417 e. The number of nitrogens with zero attached hydrogens (tertiary/aromatic N) is 2. The number of rotatable bonds is 11. The highest BCUT2D eigenvalue weighted by Crippen LogP contribution is 2.38. The van der Waals surface area contributed by atoms with Crippen LogP contribution in [0.4, 0.5) is 18.9 Å².